The van der Waals surface area contributed by atoms with Crippen LogP contribution >= 0.6 is 0 Å². The second-order valence-electron chi connectivity index (χ2n) is 8.74. The summed E-state index contributed by atoms with van der Waals surface area (Å²) in [6.07, 6.45) is 23.1. The molecule has 0 radical (unpaired) electrons. The van der Waals surface area contributed by atoms with E-state index in [-0.39, 0.29) is 18.1 Å². The molecule has 28 heavy (non-hydrogen) atoms. The molecule has 0 atom stereocenters. The molecule has 0 aromatic heterocycles. The monoisotopic (exact) mass is 382 g/mol. The van der Waals surface area contributed by atoms with Gasteiger partial charge in [-0.2, -0.15) is 15.8 Å². The Kier molecular flexibility index (Phi) is 7.67. The van der Waals surface area contributed by atoms with Gasteiger partial charge in [-0.25, -0.2) is 0 Å². The van der Waals surface area contributed by atoms with Crippen molar-refractivity contribution < 1.29 is 0 Å². The minimum absolute atomic E-state index is 0.141. The normalized spacial score (nSPS) is 22.1. The molecule has 0 aromatic carbocycles. The molecule has 3 aliphatic rings. The van der Waals surface area contributed by atoms with Crippen molar-refractivity contribution in [2.24, 2.45) is 0 Å². The number of rotatable bonds is 6. The van der Waals surface area contributed by atoms with Gasteiger partial charge in [-0.3, -0.25) is 14.7 Å². The maximum Gasteiger partial charge on any atom is 0.206 e. The van der Waals surface area contributed by atoms with Crippen molar-refractivity contribution in [3.63, 3.8) is 0 Å². The summed E-state index contributed by atoms with van der Waals surface area (Å²) in [7, 11) is 0. The van der Waals surface area contributed by atoms with Crippen molar-refractivity contribution in [3.8, 4) is 18.6 Å². The van der Waals surface area contributed by atoms with Gasteiger partial charge in [-0.1, -0.05) is 57.8 Å². The van der Waals surface area contributed by atoms with E-state index in [1.54, 1.807) is 0 Å². The van der Waals surface area contributed by atoms with Crippen molar-refractivity contribution >= 4 is 0 Å². The first-order valence-corrected chi connectivity index (χ1v) is 11.3. The molecule has 3 aliphatic carbocycles. The largest absolute Gasteiger partial charge is 0.267 e. The molecule has 152 valence electrons. The van der Waals surface area contributed by atoms with E-state index in [2.05, 4.69) is 18.6 Å². The minimum atomic E-state index is -0.547. The van der Waals surface area contributed by atoms with E-state index < -0.39 is 6.29 Å². The van der Waals surface area contributed by atoms with Crippen LogP contribution in [0.2, 0.25) is 0 Å². The quantitative estimate of drug-likeness (QED) is 0.379. The zero-order valence-electron chi connectivity index (χ0n) is 17.1. The van der Waals surface area contributed by atoms with Crippen LogP contribution in [-0.2, 0) is 0 Å². The fraction of sp³-hybridized carbons (Fsp3) is 0.864. The third-order valence-corrected chi connectivity index (χ3v) is 7.00. The Morgan fingerprint density at radius 2 is 0.714 bits per heavy atom. The Labute approximate surface area is 170 Å². The Bertz CT molecular complexity index is 510. The summed E-state index contributed by atoms with van der Waals surface area (Å²) in [6, 6.07) is 0.424. The molecule has 3 rings (SSSR count). The lowest BCUT2D eigenvalue weighted by Crippen LogP contribution is -2.62. The molecule has 0 unspecified atom stereocenters. The third kappa shape index (κ3) is 4.64. The molecule has 0 aromatic rings. The summed E-state index contributed by atoms with van der Waals surface area (Å²) in [5.74, 6) is 0. The lowest BCUT2D eigenvalue weighted by atomic mass is 9.91. The average Bonchev–Trinajstić information content (AvgIpc) is 2.77. The van der Waals surface area contributed by atoms with Crippen molar-refractivity contribution in [3.05, 3.63) is 0 Å². The molecule has 0 aliphatic heterocycles. The molecular weight excluding hydrogens is 348 g/mol. The van der Waals surface area contributed by atoms with Gasteiger partial charge in [0.05, 0.1) is 0 Å². The Morgan fingerprint density at radius 1 is 0.464 bits per heavy atom. The SMILES string of the molecule is N#CN(C1CCCCC1)C(N(C#N)C1CCCCC1)N(C#N)C1CCCCC1. The Hall–Kier alpha value is -2.13. The molecule has 0 amide bonds. The van der Waals surface area contributed by atoms with Gasteiger partial charge in [-0.05, 0) is 38.5 Å². The van der Waals surface area contributed by atoms with E-state index in [9.17, 15) is 15.8 Å². The van der Waals surface area contributed by atoms with E-state index in [1.807, 2.05) is 14.7 Å². The number of nitriles is 3. The van der Waals surface area contributed by atoms with Crippen molar-refractivity contribution in [1.82, 2.24) is 14.7 Å². The van der Waals surface area contributed by atoms with E-state index in [0.29, 0.717) is 0 Å². The van der Waals surface area contributed by atoms with E-state index in [1.165, 1.54) is 19.3 Å². The van der Waals surface area contributed by atoms with Crippen LogP contribution in [0.3, 0.4) is 0 Å². The molecule has 3 saturated carbocycles. The van der Waals surface area contributed by atoms with Crippen LogP contribution in [0.15, 0.2) is 0 Å². The Morgan fingerprint density at radius 3 is 0.929 bits per heavy atom. The summed E-state index contributed by atoms with van der Waals surface area (Å²) in [4.78, 5) is 5.44. The first-order chi connectivity index (χ1) is 13.8. The third-order valence-electron chi connectivity index (χ3n) is 7.00. The van der Waals surface area contributed by atoms with Crippen LogP contribution in [-0.4, -0.2) is 39.1 Å². The van der Waals surface area contributed by atoms with Gasteiger partial charge in [0.25, 0.3) is 0 Å². The molecule has 0 spiro atoms. The maximum atomic E-state index is 10.1. The number of hydrogen-bond donors (Lipinski definition) is 0. The fourth-order valence-electron chi connectivity index (χ4n) is 5.45. The predicted octanol–water partition coefficient (Wildman–Crippen LogP) is 4.62. The lowest BCUT2D eigenvalue weighted by molar-refractivity contribution is -0.0584. The standard InChI is InChI=1S/C22H34N6/c23-16-26(19-10-4-1-5-11-19)22(27(17-24)20-12-6-2-7-13-20)28(18-25)21-14-8-3-9-15-21/h19-22H,1-15H2. The van der Waals surface area contributed by atoms with Crippen LogP contribution in [0.5, 0.6) is 0 Å². The van der Waals surface area contributed by atoms with Gasteiger partial charge in [-0.15, -0.1) is 0 Å². The maximum absolute atomic E-state index is 10.1. The van der Waals surface area contributed by atoms with Gasteiger partial charge in [0.2, 0.25) is 6.29 Å². The van der Waals surface area contributed by atoms with Crippen LogP contribution in [0, 0.1) is 34.4 Å². The highest BCUT2D eigenvalue weighted by Crippen LogP contribution is 2.33. The molecule has 6 heteroatoms. The summed E-state index contributed by atoms with van der Waals surface area (Å²) in [5.41, 5.74) is 0. The lowest BCUT2D eigenvalue weighted by Gasteiger charge is -2.48. The molecule has 3 fully saturated rings. The van der Waals surface area contributed by atoms with Crippen molar-refractivity contribution in [2.45, 2.75) is 121 Å². The summed E-state index contributed by atoms with van der Waals surface area (Å²) < 4.78 is 0. The number of nitrogens with zero attached hydrogens (tertiary/aromatic N) is 6. The second kappa shape index (κ2) is 10.4. The average molecular weight is 383 g/mol. The van der Waals surface area contributed by atoms with Crippen LogP contribution in [0.25, 0.3) is 0 Å². The smallest absolute Gasteiger partial charge is 0.206 e. The molecule has 0 N–H and O–H groups in total. The second-order valence-corrected chi connectivity index (χ2v) is 8.74. The molecule has 0 heterocycles. The predicted molar refractivity (Wildman–Crippen MR) is 107 cm³/mol. The van der Waals surface area contributed by atoms with Gasteiger partial charge < -0.3 is 0 Å². The molecule has 0 bridgehead atoms. The summed E-state index contributed by atoms with van der Waals surface area (Å²) >= 11 is 0. The summed E-state index contributed by atoms with van der Waals surface area (Å²) in [5, 5.41) is 30.4. The zero-order chi connectivity index (χ0) is 19.8. The van der Waals surface area contributed by atoms with E-state index >= 15 is 0 Å². The Balaban J connectivity index is 1.92. The zero-order valence-corrected chi connectivity index (χ0v) is 17.1. The van der Waals surface area contributed by atoms with Crippen molar-refractivity contribution in [1.29, 1.82) is 15.8 Å². The topological polar surface area (TPSA) is 81.1 Å². The van der Waals surface area contributed by atoms with Crippen LogP contribution in [0.4, 0.5) is 0 Å². The molecule has 6 nitrogen and oxygen atoms in total. The first-order valence-electron chi connectivity index (χ1n) is 11.3. The van der Waals surface area contributed by atoms with Gasteiger partial charge in [0.15, 0.2) is 18.6 Å². The summed E-state index contributed by atoms with van der Waals surface area (Å²) in [6.45, 7) is 0. The molecule has 0 saturated heterocycles. The van der Waals surface area contributed by atoms with E-state index in [0.717, 1.165) is 77.0 Å². The van der Waals surface area contributed by atoms with Gasteiger partial charge in [0, 0.05) is 18.1 Å². The van der Waals surface area contributed by atoms with E-state index in [4.69, 9.17) is 0 Å². The van der Waals surface area contributed by atoms with Crippen molar-refractivity contribution in [2.75, 3.05) is 0 Å². The highest BCUT2D eigenvalue weighted by molar-refractivity contribution is 5.01. The minimum Gasteiger partial charge on any atom is -0.267 e. The van der Waals surface area contributed by atoms with Crippen LogP contribution < -0.4 is 0 Å². The van der Waals surface area contributed by atoms with Gasteiger partial charge in [0.1, 0.15) is 0 Å². The fourth-order valence-corrected chi connectivity index (χ4v) is 5.45. The van der Waals surface area contributed by atoms with Crippen LogP contribution in [0.1, 0.15) is 96.3 Å². The number of hydrogen-bond acceptors (Lipinski definition) is 6. The van der Waals surface area contributed by atoms with Gasteiger partial charge >= 0.3 is 0 Å². The first kappa shape index (κ1) is 20.6. The highest BCUT2D eigenvalue weighted by atomic mass is 15.5. The highest BCUT2D eigenvalue weighted by Gasteiger charge is 2.41. The molecular formula is C22H34N6.